The molecule has 112 valence electrons. The van der Waals surface area contributed by atoms with E-state index in [0.717, 1.165) is 5.75 Å². The molecule has 1 aromatic carbocycles. The van der Waals surface area contributed by atoms with E-state index in [1.807, 2.05) is 0 Å². The minimum Gasteiger partial charge on any atom is -0.496 e. The first-order valence-corrected chi connectivity index (χ1v) is 7.90. The molecular weight excluding hydrogens is 246 g/mol. The molecule has 1 aromatic rings. The van der Waals surface area contributed by atoms with Crippen molar-refractivity contribution < 1.29 is 4.74 Å². The molecule has 1 aliphatic rings. The molecule has 0 amide bonds. The third kappa shape index (κ3) is 2.58. The summed E-state index contributed by atoms with van der Waals surface area (Å²) in [5.74, 6) is 1.03. The van der Waals surface area contributed by atoms with Crippen LogP contribution in [0.1, 0.15) is 61.8 Å². The fourth-order valence-corrected chi connectivity index (χ4v) is 4.22. The van der Waals surface area contributed by atoms with E-state index in [2.05, 4.69) is 45.3 Å². The second kappa shape index (κ2) is 6.17. The van der Waals surface area contributed by atoms with Gasteiger partial charge in [-0.15, -0.1) is 0 Å². The SMILES string of the molecule is CCC1(C(NC)c2cc(C)c(OC)c(C)c2)CCCC1. The number of ether oxygens (including phenoxy) is 1. The summed E-state index contributed by atoms with van der Waals surface area (Å²) < 4.78 is 5.50. The second-order valence-corrected chi connectivity index (χ2v) is 6.33. The fraction of sp³-hybridized carbons (Fsp3) is 0.667. The molecule has 1 aliphatic carbocycles. The molecule has 1 N–H and O–H groups in total. The molecule has 2 heteroatoms. The summed E-state index contributed by atoms with van der Waals surface area (Å²) in [6.07, 6.45) is 6.70. The van der Waals surface area contributed by atoms with Crippen LogP contribution in [0.4, 0.5) is 0 Å². The van der Waals surface area contributed by atoms with Crippen LogP contribution in [0, 0.1) is 19.3 Å². The number of benzene rings is 1. The summed E-state index contributed by atoms with van der Waals surface area (Å²) in [6.45, 7) is 6.64. The molecule has 20 heavy (non-hydrogen) atoms. The van der Waals surface area contributed by atoms with E-state index in [4.69, 9.17) is 4.74 Å². The molecule has 0 aliphatic heterocycles. The number of aryl methyl sites for hydroxylation is 2. The molecule has 0 spiro atoms. The highest BCUT2D eigenvalue weighted by atomic mass is 16.5. The Hall–Kier alpha value is -1.02. The number of rotatable bonds is 5. The highest BCUT2D eigenvalue weighted by Gasteiger charge is 2.39. The lowest BCUT2D eigenvalue weighted by molar-refractivity contribution is 0.195. The first-order chi connectivity index (χ1) is 9.57. The van der Waals surface area contributed by atoms with Crippen LogP contribution in [0.5, 0.6) is 5.75 Å². The second-order valence-electron chi connectivity index (χ2n) is 6.33. The average molecular weight is 275 g/mol. The van der Waals surface area contributed by atoms with Gasteiger partial charge in [0, 0.05) is 6.04 Å². The maximum absolute atomic E-state index is 5.50. The molecule has 0 aromatic heterocycles. The largest absolute Gasteiger partial charge is 0.496 e. The first-order valence-electron chi connectivity index (χ1n) is 7.90. The van der Waals surface area contributed by atoms with Gasteiger partial charge in [0.2, 0.25) is 0 Å². The summed E-state index contributed by atoms with van der Waals surface area (Å²) in [5, 5.41) is 3.60. The van der Waals surface area contributed by atoms with Crippen LogP contribution in [0.15, 0.2) is 12.1 Å². The van der Waals surface area contributed by atoms with Crippen LogP contribution < -0.4 is 10.1 Å². The average Bonchev–Trinajstić information content (AvgIpc) is 2.89. The standard InChI is InChI=1S/C18H29NO/c1-6-18(9-7-8-10-18)17(19-4)15-11-13(2)16(20-5)14(3)12-15/h11-12,17,19H,6-10H2,1-5H3. The van der Waals surface area contributed by atoms with Crippen molar-refractivity contribution in [2.75, 3.05) is 14.2 Å². The van der Waals surface area contributed by atoms with E-state index in [1.54, 1.807) is 7.11 Å². The van der Waals surface area contributed by atoms with Gasteiger partial charge in [0.15, 0.2) is 0 Å². The van der Waals surface area contributed by atoms with Crippen molar-refractivity contribution in [1.82, 2.24) is 5.32 Å². The Balaban J connectivity index is 2.42. The first kappa shape index (κ1) is 15.4. The quantitative estimate of drug-likeness (QED) is 0.851. The van der Waals surface area contributed by atoms with Gasteiger partial charge in [-0.25, -0.2) is 0 Å². The maximum atomic E-state index is 5.50. The summed E-state index contributed by atoms with van der Waals surface area (Å²) in [4.78, 5) is 0. The van der Waals surface area contributed by atoms with E-state index >= 15 is 0 Å². The van der Waals surface area contributed by atoms with Crippen molar-refractivity contribution in [2.24, 2.45) is 5.41 Å². The summed E-state index contributed by atoms with van der Waals surface area (Å²) in [7, 11) is 3.87. The molecule has 0 bridgehead atoms. The number of methoxy groups -OCH3 is 1. The Bertz CT molecular complexity index is 437. The van der Waals surface area contributed by atoms with Crippen molar-refractivity contribution in [3.05, 3.63) is 28.8 Å². The van der Waals surface area contributed by atoms with Crippen LogP contribution in [-0.4, -0.2) is 14.2 Å². The highest BCUT2D eigenvalue weighted by Crippen LogP contribution is 2.50. The van der Waals surface area contributed by atoms with Crippen molar-refractivity contribution in [3.8, 4) is 5.75 Å². The van der Waals surface area contributed by atoms with Gasteiger partial charge in [-0.2, -0.15) is 0 Å². The van der Waals surface area contributed by atoms with Gasteiger partial charge in [0.1, 0.15) is 5.75 Å². The third-order valence-corrected chi connectivity index (χ3v) is 5.22. The zero-order valence-electron chi connectivity index (χ0n) is 13.7. The summed E-state index contributed by atoms with van der Waals surface area (Å²) in [6, 6.07) is 5.07. The minimum absolute atomic E-state index is 0.433. The molecule has 1 fully saturated rings. The third-order valence-electron chi connectivity index (χ3n) is 5.22. The Morgan fingerprint density at radius 3 is 2.15 bits per heavy atom. The Morgan fingerprint density at radius 2 is 1.75 bits per heavy atom. The van der Waals surface area contributed by atoms with Crippen LogP contribution in [0.3, 0.4) is 0 Å². The highest BCUT2D eigenvalue weighted by molar-refractivity contribution is 5.44. The van der Waals surface area contributed by atoms with Gasteiger partial charge in [-0.1, -0.05) is 31.9 Å². The summed E-state index contributed by atoms with van der Waals surface area (Å²) in [5.41, 5.74) is 4.34. The monoisotopic (exact) mass is 275 g/mol. The lowest BCUT2D eigenvalue weighted by Gasteiger charge is -2.37. The van der Waals surface area contributed by atoms with Gasteiger partial charge >= 0.3 is 0 Å². The van der Waals surface area contributed by atoms with Crippen LogP contribution >= 0.6 is 0 Å². The van der Waals surface area contributed by atoms with Gasteiger partial charge in [-0.3, -0.25) is 0 Å². The van der Waals surface area contributed by atoms with Crippen molar-refractivity contribution >= 4 is 0 Å². The van der Waals surface area contributed by atoms with Gasteiger partial charge in [-0.05, 0) is 62.3 Å². The van der Waals surface area contributed by atoms with E-state index in [9.17, 15) is 0 Å². The molecule has 0 saturated heterocycles. The topological polar surface area (TPSA) is 21.3 Å². The van der Waals surface area contributed by atoms with Crippen molar-refractivity contribution in [1.29, 1.82) is 0 Å². The number of hydrogen-bond donors (Lipinski definition) is 1. The number of hydrogen-bond acceptors (Lipinski definition) is 2. The minimum atomic E-state index is 0.433. The number of nitrogens with one attached hydrogen (secondary N) is 1. The molecule has 1 atom stereocenters. The lowest BCUT2D eigenvalue weighted by Crippen LogP contribution is -2.34. The molecule has 2 nitrogen and oxygen atoms in total. The zero-order chi connectivity index (χ0) is 14.8. The predicted molar refractivity (Wildman–Crippen MR) is 85.5 cm³/mol. The van der Waals surface area contributed by atoms with Gasteiger partial charge < -0.3 is 10.1 Å². The van der Waals surface area contributed by atoms with E-state index in [1.165, 1.54) is 48.8 Å². The fourth-order valence-electron chi connectivity index (χ4n) is 4.22. The smallest absolute Gasteiger partial charge is 0.124 e. The maximum Gasteiger partial charge on any atom is 0.124 e. The Labute approximate surface area is 123 Å². The normalized spacial score (nSPS) is 19.1. The molecule has 1 saturated carbocycles. The van der Waals surface area contributed by atoms with Gasteiger partial charge in [0.05, 0.1) is 7.11 Å². The summed E-state index contributed by atoms with van der Waals surface area (Å²) >= 11 is 0. The predicted octanol–water partition coefficient (Wildman–Crippen LogP) is 4.54. The van der Waals surface area contributed by atoms with Crippen LogP contribution in [-0.2, 0) is 0 Å². The Morgan fingerprint density at radius 1 is 1.20 bits per heavy atom. The van der Waals surface area contributed by atoms with E-state index in [-0.39, 0.29) is 0 Å². The molecular formula is C18H29NO. The molecule has 1 unspecified atom stereocenters. The zero-order valence-corrected chi connectivity index (χ0v) is 13.7. The Kier molecular flexibility index (Phi) is 4.74. The van der Waals surface area contributed by atoms with Crippen molar-refractivity contribution in [2.45, 2.75) is 58.9 Å². The molecule has 0 radical (unpaired) electrons. The van der Waals surface area contributed by atoms with E-state index in [0.29, 0.717) is 11.5 Å². The van der Waals surface area contributed by atoms with Crippen LogP contribution in [0.25, 0.3) is 0 Å². The van der Waals surface area contributed by atoms with Gasteiger partial charge in [0.25, 0.3) is 0 Å². The molecule has 0 heterocycles. The van der Waals surface area contributed by atoms with Crippen LogP contribution in [0.2, 0.25) is 0 Å². The van der Waals surface area contributed by atoms with E-state index < -0.39 is 0 Å². The lowest BCUT2D eigenvalue weighted by atomic mass is 9.73. The molecule has 2 rings (SSSR count). The van der Waals surface area contributed by atoms with Crippen molar-refractivity contribution in [3.63, 3.8) is 0 Å².